The van der Waals surface area contributed by atoms with Crippen LogP contribution in [0.3, 0.4) is 0 Å². The fourth-order valence-electron chi connectivity index (χ4n) is 1.06. The van der Waals surface area contributed by atoms with Crippen LogP contribution in [0.2, 0.25) is 10.3 Å². The molecule has 1 aromatic heterocycles. The van der Waals surface area contributed by atoms with Crippen molar-refractivity contribution >= 4 is 23.2 Å². The molecule has 0 bridgehead atoms. The van der Waals surface area contributed by atoms with Crippen LogP contribution in [-0.4, -0.2) is 9.97 Å². The van der Waals surface area contributed by atoms with E-state index in [9.17, 15) is 0 Å². The van der Waals surface area contributed by atoms with Crippen LogP contribution in [0.4, 0.5) is 0 Å². The molecule has 0 N–H and O–H groups in total. The van der Waals surface area contributed by atoms with E-state index in [4.69, 9.17) is 23.2 Å². The van der Waals surface area contributed by atoms with Crippen molar-refractivity contribution in [1.82, 2.24) is 9.97 Å². The lowest BCUT2D eigenvalue weighted by Crippen LogP contribution is -2.18. The van der Waals surface area contributed by atoms with Gasteiger partial charge in [-0.2, -0.15) is 0 Å². The molecule has 1 atom stereocenters. The van der Waals surface area contributed by atoms with E-state index in [1.807, 2.05) is 6.92 Å². The predicted octanol–water partition coefficient (Wildman–Crippen LogP) is 4.24. The molecule has 0 spiro atoms. The van der Waals surface area contributed by atoms with Gasteiger partial charge in [0.25, 0.3) is 0 Å². The summed E-state index contributed by atoms with van der Waals surface area (Å²) in [5, 5.41) is 0.891. The molecule has 0 radical (unpaired) electrons. The van der Waals surface area contributed by atoms with Gasteiger partial charge in [-0.25, -0.2) is 9.97 Å². The van der Waals surface area contributed by atoms with Gasteiger partial charge in [0, 0.05) is 11.5 Å². The van der Waals surface area contributed by atoms with Crippen molar-refractivity contribution in [2.45, 2.75) is 40.5 Å². The van der Waals surface area contributed by atoms with Crippen molar-refractivity contribution in [3.05, 3.63) is 21.7 Å². The van der Waals surface area contributed by atoms with Gasteiger partial charge < -0.3 is 0 Å². The van der Waals surface area contributed by atoms with Crippen molar-refractivity contribution in [2.24, 2.45) is 5.41 Å². The molecule has 4 heteroatoms. The van der Waals surface area contributed by atoms with Gasteiger partial charge in [-0.05, 0) is 12.3 Å². The summed E-state index contributed by atoms with van der Waals surface area (Å²) in [6.07, 6.45) is 0. The molecule has 2 nitrogen and oxygen atoms in total. The Bertz CT molecular complexity index is 346. The Hall–Kier alpha value is -0.340. The summed E-state index contributed by atoms with van der Waals surface area (Å²) >= 11 is 12.0. The maximum Gasteiger partial charge on any atom is 0.137 e. The molecule has 0 aromatic carbocycles. The highest BCUT2D eigenvalue weighted by Crippen LogP contribution is 2.34. The molecule has 0 fully saturated rings. The van der Waals surface area contributed by atoms with E-state index in [0.29, 0.717) is 16.1 Å². The topological polar surface area (TPSA) is 25.8 Å². The quantitative estimate of drug-likeness (QED) is 0.693. The summed E-state index contributed by atoms with van der Waals surface area (Å²) in [7, 11) is 0. The van der Waals surface area contributed by atoms with Gasteiger partial charge in [-0.3, -0.25) is 0 Å². The van der Waals surface area contributed by atoms with E-state index in [-0.39, 0.29) is 11.3 Å². The first-order chi connectivity index (χ1) is 6.73. The second kappa shape index (κ2) is 4.26. The lowest BCUT2D eigenvalue weighted by atomic mass is 9.81. The molecular formula is C11H16Cl2N2. The van der Waals surface area contributed by atoms with Crippen LogP contribution in [0.25, 0.3) is 0 Å². The number of rotatable bonds is 1. The Morgan fingerprint density at radius 2 is 1.47 bits per heavy atom. The molecule has 1 heterocycles. The molecule has 0 aliphatic rings. The summed E-state index contributed by atoms with van der Waals surface area (Å²) < 4.78 is 0. The highest BCUT2D eigenvalue weighted by molar-refractivity contribution is 6.34. The predicted molar refractivity (Wildman–Crippen MR) is 64.7 cm³/mol. The van der Waals surface area contributed by atoms with Crippen LogP contribution in [0.5, 0.6) is 0 Å². The summed E-state index contributed by atoms with van der Waals surface area (Å²) in [5.74, 6) is 0.927. The standard InChI is InChI=1S/C11H16Cl2N2/c1-6-8(12)14-10(15-9(6)13)7(2)11(3,4)5/h7H,1-5H3. The van der Waals surface area contributed by atoms with E-state index in [1.165, 1.54) is 0 Å². The third-order valence-corrected chi connectivity index (χ3v) is 3.47. The van der Waals surface area contributed by atoms with Crippen LogP contribution in [0, 0.1) is 12.3 Å². The van der Waals surface area contributed by atoms with E-state index in [2.05, 4.69) is 37.7 Å². The third kappa shape index (κ3) is 2.82. The van der Waals surface area contributed by atoms with Crippen LogP contribution in [-0.2, 0) is 0 Å². The third-order valence-electron chi connectivity index (χ3n) is 2.73. The number of hydrogen-bond acceptors (Lipinski definition) is 2. The van der Waals surface area contributed by atoms with Crippen LogP contribution >= 0.6 is 23.2 Å². The van der Waals surface area contributed by atoms with Crippen molar-refractivity contribution in [3.63, 3.8) is 0 Å². The van der Waals surface area contributed by atoms with E-state index >= 15 is 0 Å². The van der Waals surface area contributed by atoms with E-state index in [1.54, 1.807) is 0 Å². The fraction of sp³-hybridized carbons (Fsp3) is 0.636. The van der Waals surface area contributed by atoms with Crippen LogP contribution < -0.4 is 0 Å². The van der Waals surface area contributed by atoms with Crippen LogP contribution in [0.15, 0.2) is 0 Å². The van der Waals surface area contributed by atoms with E-state index < -0.39 is 0 Å². The number of hydrogen-bond donors (Lipinski definition) is 0. The number of aromatic nitrogens is 2. The van der Waals surface area contributed by atoms with Gasteiger partial charge in [0.15, 0.2) is 0 Å². The number of halogens is 2. The Kier molecular flexibility index (Phi) is 3.62. The molecule has 0 saturated heterocycles. The summed E-state index contributed by atoms with van der Waals surface area (Å²) in [4.78, 5) is 8.54. The average molecular weight is 247 g/mol. The Balaban J connectivity index is 3.17. The largest absolute Gasteiger partial charge is 0.221 e. The zero-order valence-corrected chi connectivity index (χ0v) is 11.2. The monoisotopic (exact) mass is 246 g/mol. The van der Waals surface area contributed by atoms with Crippen molar-refractivity contribution in [1.29, 1.82) is 0 Å². The minimum atomic E-state index is 0.0991. The van der Waals surface area contributed by atoms with Crippen molar-refractivity contribution in [3.8, 4) is 0 Å². The smallest absolute Gasteiger partial charge is 0.137 e. The van der Waals surface area contributed by atoms with Gasteiger partial charge in [0.2, 0.25) is 0 Å². The lowest BCUT2D eigenvalue weighted by Gasteiger charge is -2.26. The highest BCUT2D eigenvalue weighted by Gasteiger charge is 2.25. The fourth-order valence-corrected chi connectivity index (χ4v) is 1.46. The molecule has 84 valence electrons. The normalized spacial score (nSPS) is 14.1. The molecular weight excluding hydrogens is 231 g/mol. The lowest BCUT2D eigenvalue weighted by molar-refractivity contribution is 0.328. The first-order valence-corrected chi connectivity index (χ1v) is 5.68. The summed E-state index contributed by atoms with van der Waals surface area (Å²) in [5.41, 5.74) is 0.838. The van der Waals surface area contributed by atoms with Gasteiger partial charge in [-0.15, -0.1) is 0 Å². The van der Waals surface area contributed by atoms with Gasteiger partial charge in [0.05, 0.1) is 0 Å². The molecule has 15 heavy (non-hydrogen) atoms. The molecule has 1 rings (SSSR count). The van der Waals surface area contributed by atoms with Crippen molar-refractivity contribution in [2.75, 3.05) is 0 Å². The first kappa shape index (κ1) is 12.7. The Labute approximate surface area is 101 Å². The molecule has 0 aliphatic heterocycles. The SMILES string of the molecule is Cc1c(Cl)nc(C(C)C(C)(C)C)nc1Cl. The Morgan fingerprint density at radius 1 is 1.07 bits per heavy atom. The molecule has 0 amide bonds. The zero-order valence-electron chi connectivity index (χ0n) is 9.73. The zero-order chi connectivity index (χ0) is 11.8. The minimum Gasteiger partial charge on any atom is -0.221 e. The average Bonchev–Trinajstić information content (AvgIpc) is 2.10. The van der Waals surface area contributed by atoms with Gasteiger partial charge in [-0.1, -0.05) is 50.9 Å². The van der Waals surface area contributed by atoms with Crippen LogP contribution in [0.1, 0.15) is 45.0 Å². The minimum absolute atomic E-state index is 0.0991. The molecule has 0 aliphatic carbocycles. The number of nitrogens with zero attached hydrogens (tertiary/aromatic N) is 2. The maximum absolute atomic E-state index is 5.98. The summed E-state index contributed by atoms with van der Waals surface area (Å²) in [6, 6.07) is 0. The molecule has 1 unspecified atom stereocenters. The van der Waals surface area contributed by atoms with E-state index in [0.717, 1.165) is 5.56 Å². The molecule has 0 saturated carbocycles. The van der Waals surface area contributed by atoms with Crippen molar-refractivity contribution < 1.29 is 0 Å². The second-order valence-electron chi connectivity index (χ2n) is 4.88. The van der Waals surface area contributed by atoms with Gasteiger partial charge in [0.1, 0.15) is 16.1 Å². The molecule has 1 aromatic rings. The summed E-state index contributed by atoms with van der Waals surface area (Å²) in [6.45, 7) is 10.3. The highest BCUT2D eigenvalue weighted by atomic mass is 35.5. The first-order valence-electron chi connectivity index (χ1n) is 4.93. The van der Waals surface area contributed by atoms with Gasteiger partial charge >= 0.3 is 0 Å². The Morgan fingerprint density at radius 3 is 1.80 bits per heavy atom. The maximum atomic E-state index is 5.98. The second-order valence-corrected chi connectivity index (χ2v) is 5.59.